The highest BCUT2D eigenvalue weighted by Crippen LogP contribution is 2.37. The summed E-state index contributed by atoms with van der Waals surface area (Å²) in [6, 6.07) is 13.9. The zero-order chi connectivity index (χ0) is 20.8. The fourth-order valence-corrected chi connectivity index (χ4v) is 4.84. The molecule has 1 aliphatic carbocycles. The molecule has 1 aliphatic heterocycles. The zero-order valence-electron chi connectivity index (χ0n) is 17.7. The summed E-state index contributed by atoms with van der Waals surface area (Å²) < 4.78 is 11.6. The van der Waals surface area contributed by atoms with Gasteiger partial charge in [-0.25, -0.2) is 0 Å². The molecule has 1 atom stereocenters. The number of aliphatic hydroxyl groups excluding tert-OH is 1. The van der Waals surface area contributed by atoms with Gasteiger partial charge in [0, 0.05) is 13.1 Å². The van der Waals surface area contributed by atoms with E-state index in [1.807, 2.05) is 42.5 Å². The van der Waals surface area contributed by atoms with Crippen molar-refractivity contribution in [3.63, 3.8) is 0 Å². The van der Waals surface area contributed by atoms with Gasteiger partial charge in [0.1, 0.15) is 18.1 Å². The summed E-state index contributed by atoms with van der Waals surface area (Å²) in [6.45, 7) is 2.67. The fraction of sp³-hybridized carbons (Fsp3) is 0.560. The van der Waals surface area contributed by atoms with Crippen LogP contribution < -0.4 is 0 Å². The highest BCUT2D eigenvalue weighted by atomic mass is 16.5. The molecule has 0 radical (unpaired) electrons. The third-order valence-corrected chi connectivity index (χ3v) is 6.54. The maximum atomic E-state index is 13.1. The summed E-state index contributed by atoms with van der Waals surface area (Å²) in [6.07, 6.45) is 7.27. The summed E-state index contributed by atoms with van der Waals surface area (Å²) in [7, 11) is 0. The number of nitrogens with zero attached hydrogens (tertiary/aromatic N) is 1. The Labute approximate surface area is 179 Å². The first-order valence-corrected chi connectivity index (χ1v) is 11.4. The van der Waals surface area contributed by atoms with Crippen LogP contribution in [0, 0.1) is 5.92 Å². The number of rotatable bonds is 7. The average Bonchev–Trinajstić information content (AvgIpc) is 3.23. The number of carbonyl (C=O) groups is 1. The van der Waals surface area contributed by atoms with Crippen LogP contribution in [0.1, 0.15) is 67.9 Å². The summed E-state index contributed by atoms with van der Waals surface area (Å²) in [4.78, 5) is 15.4. The van der Waals surface area contributed by atoms with Gasteiger partial charge >= 0.3 is 5.97 Å². The van der Waals surface area contributed by atoms with Gasteiger partial charge in [0.05, 0.1) is 18.6 Å². The van der Waals surface area contributed by atoms with Crippen LogP contribution in [0.5, 0.6) is 0 Å². The van der Waals surface area contributed by atoms with Crippen molar-refractivity contribution in [1.29, 1.82) is 0 Å². The number of piperidine rings is 1. The molecular weight excluding hydrogens is 378 g/mol. The minimum atomic E-state index is -0.194. The molecule has 162 valence electrons. The van der Waals surface area contributed by atoms with E-state index in [1.165, 1.54) is 19.3 Å². The molecule has 1 aromatic carbocycles. The molecule has 30 heavy (non-hydrogen) atoms. The number of furan rings is 1. The number of hydrogen-bond acceptors (Lipinski definition) is 5. The molecule has 0 amide bonds. The standard InChI is InChI=1S/C25H33NO4/c27-21-13-15-26(16-14-21)17-22-11-12-23(30-22)18-29-25(28)24(19-7-3-1-4-8-19)20-9-5-2-6-10-20/h1,3-4,7-8,11-12,20-21,24,27H,2,5-6,9-10,13-18H2/t24-/m1/s1. The Balaban J connectivity index is 1.35. The second kappa shape index (κ2) is 10.3. The van der Waals surface area contributed by atoms with Crippen molar-refractivity contribution >= 4 is 5.97 Å². The van der Waals surface area contributed by atoms with Crippen LogP contribution in [0.4, 0.5) is 0 Å². The van der Waals surface area contributed by atoms with Gasteiger partial charge in [-0.15, -0.1) is 0 Å². The molecule has 5 heteroatoms. The number of hydrogen-bond donors (Lipinski definition) is 1. The second-order valence-corrected chi connectivity index (χ2v) is 8.77. The molecule has 2 heterocycles. The predicted octanol–water partition coefficient (Wildman–Crippen LogP) is 4.64. The minimum Gasteiger partial charge on any atom is -0.461 e. The Bertz CT molecular complexity index is 788. The third-order valence-electron chi connectivity index (χ3n) is 6.54. The van der Waals surface area contributed by atoms with Gasteiger partial charge in [-0.1, -0.05) is 49.6 Å². The highest BCUT2D eigenvalue weighted by molar-refractivity contribution is 5.78. The second-order valence-electron chi connectivity index (χ2n) is 8.77. The van der Waals surface area contributed by atoms with Crippen LogP contribution >= 0.6 is 0 Å². The van der Waals surface area contributed by atoms with Crippen molar-refractivity contribution < 1.29 is 19.1 Å². The van der Waals surface area contributed by atoms with Gasteiger partial charge in [0.2, 0.25) is 0 Å². The molecule has 2 aliphatic rings. The van der Waals surface area contributed by atoms with Gasteiger partial charge in [0.15, 0.2) is 0 Å². The van der Waals surface area contributed by atoms with Gasteiger partial charge in [-0.2, -0.15) is 0 Å². The van der Waals surface area contributed by atoms with Crippen molar-refractivity contribution in [2.75, 3.05) is 13.1 Å². The summed E-state index contributed by atoms with van der Waals surface area (Å²) in [5.74, 6) is 1.59. The first-order chi connectivity index (χ1) is 14.7. The largest absolute Gasteiger partial charge is 0.461 e. The van der Waals surface area contributed by atoms with E-state index in [4.69, 9.17) is 9.15 Å². The number of carbonyl (C=O) groups excluding carboxylic acids is 1. The lowest BCUT2D eigenvalue weighted by molar-refractivity contribution is -0.149. The molecule has 2 aromatic rings. The molecule has 2 fully saturated rings. The van der Waals surface area contributed by atoms with E-state index >= 15 is 0 Å². The number of aliphatic hydroxyl groups is 1. The van der Waals surface area contributed by atoms with Crippen molar-refractivity contribution in [3.8, 4) is 0 Å². The van der Waals surface area contributed by atoms with Crippen LogP contribution in [-0.2, 0) is 22.7 Å². The molecule has 1 N–H and O–H groups in total. The Kier molecular flexibility index (Phi) is 7.24. The lowest BCUT2D eigenvalue weighted by Gasteiger charge is -2.29. The molecule has 1 aromatic heterocycles. The zero-order valence-corrected chi connectivity index (χ0v) is 17.7. The maximum absolute atomic E-state index is 13.1. The first-order valence-electron chi connectivity index (χ1n) is 11.4. The molecule has 0 spiro atoms. The van der Waals surface area contributed by atoms with E-state index in [0.29, 0.717) is 11.7 Å². The summed E-state index contributed by atoms with van der Waals surface area (Å²) in [5, 5.41) is 9.64. The third kappa shape index (κ3) is 5.52. The Morgan fingerprint density at radius 3 is 2.43 bits per heavy atom. The van der Waals surface area contributed by atoms with Crippen LogP contribution in [0.2, 0.25) is 0 Å². The smallest absolute Gasteiger partial charge is 0.314 e. The molecule has 1 saturated carbocycles. The van der Waals surface area contributed by atoms with Crippen LogP contribution in [0.25, 0.3) is 0 Å². The SMILES string of the molecule is O=C(OCc1ccc(CN2CCC(O)CC2)o1)[C@H](c1ccccc1)C1CCCCC1. The fourth-order valence-electron chi connectivity index (χ4n) is 4.84. The van der Waals surface area contributed by atoms with E-state index < -0.39 is 0 Å². The van der Waals surface area contributed by atoms with E-state index in [0.717, 1.165) is 56.6 Å². The normalized spacial score (nSPS) is 20.2. The molecule has 1 saturated heterocycles. The molecular formula is C25H33NO4. The number of likely N-dealkylation sites (tertiary alicyclic amines) is 1. The number of ether oxygens (including phenoxy) is 1. The molecule has 4 rings (SSSR count). The van der Waals surface area contributed by atoms with Gasteiger partial charge in [-0.3, -0.25) is 9.69 Å². The monoisotopic (exact) mass is 411 g/mol. The molecule has 5 nitrogen and oxygen atoms in total. The highest BCUT2D eigenvalue weighted by Gasteiger charge is 2.32. The Morgan fingerprint density at radius 2 is 1.70 bits per heavy atom. The first kappa shape index (κ1) is 21.1. The molecule has 0 unspecified atom stereocenters. The van der Waals surface area contributed by atoms with Crippen molar-refractivity contribution in [2.45, 2.75) is 70.1 Å². The predicted molar refractivity (Wildman–Crippen MR) is 115 cm³/mol. The lowest BCUT2D eigenvalue weighted by Crippen LogP contribution is -2.35. The van der Waals surface area contributed by atoms with Crippen LogP contribution in [-0.4, -0.2) is 35.2 Å². The number of esters is 1. The van der Waals surface area contributed by atoms with Crippen molar-refractivity contribution in [2.24, 2.45) is 5.92 Å². The summed E-state index contributed by atoms with van der Waals surface area (Å²) >= 11 is 0. The van der Waals surface area contributed by atoms with Gasteiger partial charge < -0.3 is 14.3 Å². The molecule has 0 bridgehead atoms. The van der Waals surface area contributed by atoms with Crippen LogP contribution in [0.3, 0.4) is 0 Å². The Morgan fingerprint density at radius 1 is 1.00 bits per heavy atom. The number of benzene rings is 1. The van der Waals surface area contributed by atoms with Crippen molar-refractivity contribution in [3.05, 3.63) is 59.5 Å². The lowest BCUT2D eigenvalue weighted by atomic mass is 9.77. The van der Waals surface area contributed by atoms with Crippen molar-refractivity contribution in [1.82, 2.24) is 4.90 Å². The Hall–Kier alpha value is -2.11. The van der Waals surface area contributed by atoms with E-state index in [-0.39, 0.29) is 24.6 Å². The van der Waals surface area contributed by atoms with E-state index in [1.54, 1.807) is 0 Å². The maximum Gasteiger partial charge on any atom is 0.314 e. The van der Waals surface area contributed by atoms with Crippen LogP contribution in [0.15, 0.2) is 46.9 Å². The quantitative estimate of drug-likeness (QED) is 0.672. The van der Waals surface area contributed by atoms with E-state index in [9.17, 15) is 9.90 Å². The van der Waals surface area contributed by atoms with Gasteiger partial charge in [0.25, 0.3) is 0 Å². The van der Waals surface area contributed by atoms with Gasteiger partial charge in [-0.05, 0) is 49.3 Å². The van der Waals surface area contributed by atoms with E-state index in [2.05, 4.69) is 4.90 Å². The minimum absolute atomic E-state index is 0.143. The summed E-state index contributed by atoms with van der Waals surface area (Å²) in [5.41, 5.74) is 1.06. The topological polar surface area (TPSA) is 62.9 Å². The average molecular weight is 412 g/mol.